The molecule has 0 radical (unpaired) electrons. The number of benzene rings is 1. The molecule has 0 saturated carbocycles. The van der Waals surface area contributed by atoms with Gasteiger partial charge >= 0.3 is 7.60 Å². The molecule has 1 heterocycles. The van der Waals surface area contributed by atoms with E-state index in [1.54, 1.807) is 32.0 Å². The van der Waals surface area contributed by atoms with Gasteiger partial charge in [0.05, 0.1) is 19.4 Å². The van der Waals surface area contributed by atoms with Crippen LogP contribution in [0, 0.1) is 6.92 Å². The zero-order valence-electron chi connectivity index (χ0n) is 14.4. The van der Waals surface area contributed by atoms with E-state index >= 15 is 0 Å². The van der Waals surface area contributed by atoms with E-state index in [1.807, 2.05) is 6.92 Å². The highest BCUT2D eigenvalue weighted by Gasteiger charge is 2.25. The fourth-order valence-electron chi connectivity index (χ4n) is 2.25. The summed E-state index contributed by atoms with van der Waals surface area (Å²) in [7, 11) is -3.28. The number of aromatic amines is 1. The van der Waals surface area contributed by atoms with Gasteiger partial charge in [0.2, 0.25) is 5.43 Å². The minimum Gasteiger partial charge on any atom is -0.451 e. The Morgan fingerprint density at radius 1 is 1.12 bits per heavy atom. The second-order valence-electron chi connectivity index (χ2n) is 5.30. The van der Waals surface area contributed by atoms with Crippen molar-refractivity contribution in [3.63, 3.8) is 0 Å². The van der Waals surface area contributed by atoms with E-state index in [9.17, 15) is 9.36 Å². The number of aromatic nitrogens is 1. The van der Waals surface area contributed by atoms with Crippen LogP contribution in [-0.2, 0) is 19.8 Å². The molecule has 0 atom stereocenters. The number of rotatable bonds is 8. The Bertz CT molecular complexity index is 826. The van der Waals surface area contributed by atoms with Gasteiger partial charge in [-0.15, -0.1) is 0 Å². The summed E-state index contributed by atoms with van der Waals surface area (Å²) in [5.74, 6) is 0.675. The van der Waals surface area contributed by atoms with Crippen molar-refractivity contribution in [2.45, 2.75) is 26.9 Å². The first-order valence-electron chi connectivity index (χ1n) is 7.90. The number of hydrogen-bond acceptors (Lipinski definition) is 5. The average molecular weight is 386 g/mol. The molecule has 0 amide bonds. The molecule has 1 aromatic heterocycles. The maximum Gasteiger partial charge on any atom is 0.336 e. The van der Waals surface area contributed by atoms with Gasteiger partial charge < -0.3 is 18.8 Å². The summed E-state index contributed by atoms with van der Waals surface area (Å²) < 4.78 is 28.6. The molecule has 0 saturated heterocycles. The summed E-state index contributed by atoms with van der Waals surface area (Å²) in [5, 5.41) is 0.594. The highest BCUT2D eigenvalue weighted by atomic mass is 35.5. The van der Waals surface area contributed by atoms with Crippen molar-refractivity contribution < 1.29 is 18.3 Å². The average Bonchev–Trinajstić information content (AvgIpc) is 2.52. The summed E-state index contributed by atoms with van der Waals surface area (Å²) in [6.45, 7) is 5.83. The maximum absolute atomic E-state index is 12.5. The van der Waals surface area contributed by atoms with Crippen molar-refractivity contribution >= 4 is 19.2 Å². The number of hydrogen-bond donors (Lipinski definition) is 1. The first-order chi connectivity index (χ1) is 11.9. The molecular formula is C17H21ClNO5P. The van der Waals surface area contributed by atoms with Crippen LogP contribution < -0.4 is 10.2 Å². The van der Waals surface area contributed by atoms with E-state index < -0.39 is 7.60 Å². The highest BCUT2D eigenvalue weighted by Crippen LogP contribution is 2.50. The molecule has 8 heteroatoms. The molecule has 2 rings (SSSR count). The lowest BCUT2D eigenvalue weighted by Gasteiger charge is -2.17. The van der Waals surface area contributed by atoms with E-state index in [0.717, 1.165) is 5.56 Å². The number of pyridine rings is 1. The van der Waals surface area contributed by atoms with Gasteiger partial charge in [0.25, 0.3) is 0 Å². The van der Waals surface area contributed by atoms with Gasteiger partial charge in [-0.3, -0.25) is 9.36 Å². The van der Waals surface area contributed by atoms with Crippen LogP contribution in [0.4, 0.5) is 0 Å². The molecule has 0 spiro atoms. The number of ether oxygens (including phenoxy) is 1. The molecule has 0 bridgehead atoms. The first kappa shape index (κ1) is 19.7. The monoisotopic (exact) mass is 385 g/mol. The van der Waals surface area contributed by atoms with Crippen LogP contribution in [0.3, 0.4) is 0 Å². The lowest BCUT2D eigenvalue weighted by atomic mass is 10.2. The smallest absolute Gasteiger partial charge is 0.336 e. The summed E-state index contributed by atoms with van der Waals surface area (Å²) in [4.78, 5) is 15.2. The molecule has 0 unspecified atom stereocenters. The largest absolute Gasteiger partial charge is 0.451 e. The maximum atomic E-state index is 12.5. The number of halogens is 1. The molecule has 1 aromatic carbocycles. The third-order valence-corrected chi connectivity index (χ3v) is 5.58. The molecule has 0 aliphatic carbocycles. The molecule has 0 fully saturated rings. The van der Waals surface area contributed by atoms with Gasteiger partial charge in [-0.05, 0) is 44.5 Å². The minimum atomic E-state index is -3.28. The zero-order chi connectivity index (χ0) is 18.4. The van der Waals surface area contributed by atoms with Gasteiger partial charge in [-0.25, -0.2) is 0 Å². The fraction of sp³-hybridized carbons (Fsp3) is 0.353. The summed E-state index contributed by atoms with van der Waals surface area (Å²) in [6.07, 6.45) is 1.43. The topological polar surface area (TPSA) is 77.6 Å². The van der Waals surface area contributed by atoms with Crippen LogP contribution in [0.25, 0.3) is 0 Å². The lowest BCUT2D eigenvalue weighted by Crippen LogP contribution is -2.08. The van der Waals surface area contributed by atoms with E-state index in [1.165, 1.54) is 12.3 Å². The van der Waals surface area contributed by atoms with Gasteiger partial charge in [0.15, 0.2) is 5.75 Å². The predicted octanol–water partition coefficient (Wildman–Crippen LogP) is 4.90. The number of aryl methyl sites for hydroxylation is 1. The van der Waals surface area contributed by atoms with Gasteiger partial charge in [-0.2, -0.15) is 0 Å². The van der Waals surface area contributed by atoms with Crippen molar-refractivity contribution in [3.8, 4) is 11.5 Å². The van der Waals surface area contributed by atoms with E-state index in [4.69, 9.17) is 25.4 Å². The molecule has 6 nitrogen and oxygen atoms in total. The van der Waals surface area contributed by atoms with Crippen LogP contribution in [0.1, 0.15) is 25.1 Å². The Morgan fingerprint density at radius 3 is 2.36 bits per heavy atom. The summed E-state index contributed by atoms with van der Waals surface area (Å²) >= 11 is 5.91. The molecule has 1 N–H and O–H groups in total. The van der Waals surface area contributed by atoms with Crippen LogP contribution in [0.15, 0.2) is 35.3 Å². The first-order valence-corrected chi connectivity index (χ1v) is 10.0. The third-order valence-electron chi connectivity index (χ3n) is 3.31. The van der Waals surface area contributed by atoms with E-state index in [0.29, 0.717) is 16.5 Å². The van der Waals surface area contributed by atoms with Crippen molar-refractivity contribution in [1.82, 2.24) is 4.98 Å². The minimum absolute atomic E-state index is 0.00975. The molecule has 25 heavy (non-hydrogen) atoms. The quantitative estimate of drug-likeness (QED) is 0.654. The third kappa shape index (κ3) is 5.44. The summed E-state index contributed by atoms with van der Waals surface area (Å²) in [6, 6.07) is 6.47. The molecular weight excluding hydrogens is 365 g/mol. The Hall–Kier alpha value is -1.59. The van der Waals surface area contributed by atoms with Gasteiger partial charge in [-0.1, -0.05) is 11.6 Å². The van der Waals surface area contributed by atoms with Crippen LogP contribution in [-0.4, -0.2) is 18.2 Å². The highest BCUT2D eigenvalue weighted by molar-refractivity contribution is 7.53. The fourth-order valence-corrected chi connectivity index (χ4v) is 4.12. The normalized spacial score (nSPS) is 11.5. The second kappa shape index (κ2) is 8.68. The lowest BCUT2D eigenvalue weighted by molar-refractivity contribution is 0.219. The van der Waals surface area contributed by atoms with Crippen LogP contribution >= 0.6 is 19.2 Å². The summed E-state index contributed by atoms with van der Waals surface area (Å²) in [5.41, 5.74) is 0.936. The van der Waals surface area contributed by atoms with Crippen LogP contribution in [0.2, 0.25) is 5.02 Å². The number of H-pyrrole nitrogens is 1. The number of nitrogens with one attached hydrogen (secondary N) is 1. The predicted molar refractivity (Wildman–Crippen MR) is 97.9 cm³/mol. The second-order valence-corrected chi connectivity index (χ2v) is 7.79. The van der Waals surface area contributed by atoms with Crippen molar-refractivity contribution in [2.24, 2.45) is 0 Å². The molecule has 136 valence electrons. The Morgan fingerprint density at radius 2 is 1.80 bits per heavy atom. The van der Waals surface area contributed by atoms with E-state index in [-0.39, 0.29) is 30.6 Å². The van der Waals surface area contributed by atoms with Gasteiger partial charge in [0, 0.05) is 23.0 Å². The van der Waals surface area contributed by atoms with Crippen molar-refractivity contribution in [2.75, 3.05) is 13.2 Å². The Balaban J connectivity index is 2.20. The molecule has 2 aromatic rings. The Labute approximate surface area is 151 Å². The molecule has 0 aliphatic rings. The SMILES string of the molecule is CCOP(=O)(Cc1cc(=O)c(Oc2ccc(Cl)cc2C)c[nH]1)OCC. The zero-order valence-corrected chi connectivity index (χ0v) is 16.0. The van der Waals surface area contributed by atoms with E-state index in [2.05, 4.69) is 4.98 Å². The van der Waals surface area contributed by atoms with Crippen LogP contribution in [0.5, 0.6) is 11.5 Å². The molecule has 0 aliphatic heterocycles. The van der Waals surface area contributed by atoms with Crippen molar-refractivity contribution in [1.29, 1.82) is 0 Å². The standard InChI is InChI=1S/C17H21ClNO5P/c1-4-22-25(21,23-5-2)11-14-9-15(20)17(10-19-14)24-16-7-6-13(18)8-12(16)3/h6-10H,4-5,11H2,1-3H3,(H,19,20). The van der Waals surface area contributed by atoms with Crippen molar-refractivity contribution in [3.05, 3.63) is 57.0 Å². The van der Waals surface area contributed by atoms with Gasteiger partial charge in [0.1, 0.15) is 5.75 Å². The Kier molecular flexibility index (Phi) is 6.85.